The summed E-state index contributed by atoms with van der Waals surface area (Å²) in [7, 11) is 0. The molecule has 0 aliphatic carbocycles. The molecule has 36 heavy (non-hydrogen) atoms. The maximum absolute atomic E-state index is 12.3. The lowest BCUT2D eigenvalue weighted by Crippen LogP contribution is -2.26. The maximum atomic E-state index is 12.3. The number of aliphatic carboxylic acids is 3. The van der Waals surface area contributed by atoms with Crippen LogP contribution in [-0.4, -0.2) is 45.8 Å². The van der Waals surface area contributed by atoms with Crippen LogP contribution >= 0.6 is 0 Å². The highest BCUT2D eigenvalue weighted by Crippen LogP contribution is 2.26. The highest BCUT2D eigenvalue weighted by molar-refractivity contribution is 5.88. The normalized spacial score (nSPS) is 17.4. The molecule has 0 saturated carbocycles. The third-order valence-electron chi connectivity index (χ3n) is 6.43. The van der Waals surface area contributed by atoms with Gasteiger partial charge in [-0.2, -0.15) is 0 Å². The van der Waals surface area contributed by atoms with Crippen molar-refractivity contribution >= 4 is 23.9 Å². The van der Waals surface area contributed by atoms with Gasteiger partial charge in [0.2, 0.25) is 0 Å². The summed E-state index contributed by atoms with van der Waals surface area (Å²) in [5.74, 6) is -4.57. The van der Waals surface area contributed by atoms with Crippen LogP contribution in [0, 0.1) is 35.5 Å². The van der Waals surface area contributed by atoms with Gasteiger partial charge in [-0.3, -0.25) is 14.4 Å². The molecule has 3 N–H and O–H groups in total. The molecule has 0 heterocycles. The third-order valence-corrected chi connectivity index (χ3v) is 6.43. The molecule has 0 amide bonds. The van der Waals surface area contributed by atoms with Gasteiger partial charge in [0, 0.05) is 5.57 Å². The van der Waals surface area contributed by atoms with E-state index in [1.807, 2.05) is 13.0 Å². The fourth-order valence-electron chi connectivity index (χ4n) is 4.58. The number of carbonyl (C=O) groups excluding carboxylic acids is 1. The van der Waals surface area contributed by atoms with Gasteiger partial charge in [-0.1, -0.05) is 59.6 Å². The van der Waals surface area contributed by atoms with E-state index in [1.54, 1.807) is 6.08 Å². The number of hydrogen-bond donors (Lipinski definition) is 3. The van der Waals surface area contributed by atoms with Crippen LogP contribution in [0.4, 0.5) is 0 Å². The summed E-state index contributed by atoms with van der Waals surface area (Å²) in [6.45, 7) is 13.9. The van der Waals surface area contributed by atoms with Crippen molar-refractivity contribution in [1.29, 1.82) is 0 Å². The summed E-state index contributed by atoms with van der Waals surface area (Å²) in [6.07, 6.45) is 7.43. The first-order chi connectivity index (χ1) is 16.7. The molecule has 6 unspecified atom stereocenters. The SMILES string of the molecule is CCC(C)CC(C)CC(C)CC(C)/C=C(C)/C=C(/CC(C)C(=O)OCC(CC(=O)O)C(=O)O)C(=O)O. The molecule has 0 spiro atoms. The molecule has 0 rings (SSSR count). The fourth-order valence-corrected chi connectivity index (χ4v) is 4.58. The van der Waals surface area contributed by atoms with Crippen molar-refractivity contribution in [1.82, 2.24) is 0 Å². The Morgan fingerprint density at radius 3 is 1.89 bits per heavy atom. The first-order valence-corrected chi connectivity index (χ1v) is 12.9. The van der Waals surface area contributed by atoms with E-state index in [0.717, 1.165) is 24.3 Å². The minimum absolute atomic E-state index is 0.0518. The number of allylic oxidation sites excluding steroid dienone is 3. The molecular weight excluding hydrogens is 464 g/mol. The molecule has 0 bridgehead atoms. The maximum Gasteiger partial charge on any atom is 0.331 e. The second-order valence-electron chi connectivity index (χ2n) is 10.7. The van der Waals surface area contributed by atoms with Gasteiger partial charge in [-0.15, -0.1) is 0 Å². The number of ether oxygens (including phenoxy) is 1. The van der Waals surface area contributed by atoms with Crippen molar-refractivity contribution in [2.24, 2.45) is 35.5 Å². The highest BCUT2D eigenvalue weighted by Gasteiger charge is 2.25. The Kier molecular flexibility index (Phi) is 15.7. The van der Waals surface area contributed by atoms with E-state index < -0.39 is 48.7 Å². The lowest BCUT2D eigenvalue weighted by Gasteiger charge is -2.21. The van der Waals surface area contributed by atoms with E-state index in [-0.39, 0.29) is 17.9 Å². The van der Waals surface area contributed by atoms with Crippen LogP contribution in [0.15, 0.2) is 23.3 Å². The summed E-state index contributed by atoms with van der Waals surface area (Å²) in [6, 6.07) is 0. The van der Waals surface area contributed by atoms with Crippen LogP contribution in [0.5, 0.6) is 0 Å². The lowest BCUT2D eigenvalue weighted by molar-refractivity contribution is -0.157. The fraction of sp³-hybridized carbons (Fsp3) is 0.714. The minimum Gasteiger partial charge on any atom is -0.481 e. The van der Waals surface area contributed by atoms with Crippen LogP contribution in [0.1, 0.15) is 87.0 Å². The molecule has 0 fully saturated rings. The largest absolute Gasteiger partial charge is 0.481 e. The minimum atomic E-state index is -1.38. The molecular formula is C28H46O8. The Bertz CT molecular complexity index is 797. The topological polar surface area (TPSA) is 138 Å². The number of carboxylic acid groups (broad SMARTS) is 3. The van der Waals surface area contributed by atoms with Gasteiger partial charge in [-0.25, -0.2) is 4.79 Å². The number of carbonyl (C=O) groups is 4. The zero-order valence-corrected chi connectivity index (χ0v) is 23.0. The molecule has 206 valence electrons. The van der Waals surface area contributed by atoms with Crippen molar-refractivity contribution in [3.8, 4) is 0 Å². The average molecular weight is 511 g/mol. The second kappa shape index (κ2) is 16.9. The van der Waals surface area contributed by atoms with E-state index in [9.17, 15) is 24.3 Å². The Morgan fingerprint density at radius 1 is 0.833 bits per heavy atom. The number of carboxylic acids is 3. The Hall–Kier alpha value is -2.64. The molecule has 8 nitrogen and oxygen atoms in total. The monoisotopic (exact) mass is 510 g/mol. The second-order valence-corrected chi connectivity index (χ2v) is 10.7. The van der Waals surface area contributed by atoms with E-state index in [0.29, 0.717) is 11.8 Å². The van der Waals surface area contributed by atoms with Gasteiger partial charge >= 0.3 is 23.9 Å². The molecule has 0 aliphatic rings. The first-order valence-electron chi connectivity index (χ1n) is 12.9. The van der Waals surface area contributed by atoms with Gasteiger partial charge in [-0.05, 0) is 62.4 Å². The van der Waals surface area contributed by atoms with Crippen LogP contribution < -0.4 is 0 Å². The molecule has 0 aromatic heterocycles. The summed E-state index contributed by atoms with van der Waals surface area (Å²) in [5, 5.41) is 27.5. The Balaban J connectivity index is 5.04. The van der Waals surface area contributed by atoms with Gasteiger partial charge in [0.1, 0.15) is 12.5 Å². The molecule has 0 aromatic carbocycles. The van der Waals surface area contributed by atoms with Gasteiger partial charge < -0.3 is 20.1 Å². The van der Waals surface area contributed by atoms with Crippen LogP contribution in [0.3, 0.4) is 0 Å². The molecule has 0 aliphatic heterocycles. The summed E-state index contributed by atoms with van der Waals surface area (Å²) in [4.78, 5) is 45.9. The average Bonchev–Trinajstić information content (AvgIpc) is 2.74. The zero-order valence-electron chi connectivity index (χ0n) is 23.0. The van der Waals surface area contributed by atoms with Crippen molar-refractivity contribution < 1.29 is 39.2 Å². The van der Waals surface area contributed by atoms with Crippen molar-refractivity contribution in [2.75, 3.05) is 6.61 Å². The first kappa shape index (κ1) is 33.4. The molecule has 8 heteroatoms. The van der Waals surface area contributed by atoms with Gasteiger partial charge in [0.25, 0.3) is 0 Å². The van der Waals surface area contributed by atoms with E-state index in [4.69, 9.17) is 14.9 Å². The molecule has 0 radical (unpaired) electrons. The number of esters is 1. The van der Waals surface area contributed by atoms with Gasteiger partial charge in [0.15, 0.2) is 0 Å². The van der Waals surface area contributed by atoms with E-state index >= 15 is 0 Å². The predicted octanol–water partition coefficient (Wildman–Crippen LogP) is 5.81. The van der Waals surface area contributed by atoms with Crippen molar-refractivity contribution in [3.63, 3.8) is 0 Å². The molecule has 0 aromatic rings. The molecule has 0 saturated heterocycles. The third kappa shape index (κ3) is 14.7. The summed E-state index contributed by atoms with van der Waals surface area (Å²) < 4.78 is 4.97. The van der Waals surface area contributed by atoms with Crippen LogP contribution in [-0.2, 0) is 23.9 Å². The highest BCUT2D eigenvalue weighted by atomic mass is 16.5. The quantitative estimate of drug-likeness (QED) is 0.119. The van der Waals surface area contributed by atoms with E-state index in [1.165, 1.54) is 19.8 Å². The molecule has 6 atom stereocenters. The van der Waals surface area contributed by atoms with E-state index in [2.05, 4.69) is 34.6 Å². The van der Waals surface area contributed by atoms with Crippen LogP contribution in [0.2, 0.25) is 0 Å². The predicted molar refractivity (Wildman–Crippen MR) is 138 cm³/mol. The van der Waals surface area contributed by atoms with Crippen molar-refractivity contribution in [2.45, 2.75) is 87.0 Å². The lowest BCUT2D eigenvalue weighted by atomic mass is 9.84. The summed E-state index contributed by atoms with van der Waals surface area (Å²) in [5.41, 5.74) is 0.851. The van der Waals surface area contributed by atoms with Crippen LogP contribution in [0.25, 0.3) is 0 Å². The Morgan fingerprint density at radius 2 is 1.39 bits per heavy atom. The standard InChI is InChI=1S/C28H46O8/c1-8-17(2)9-18(3)10-19(4)11-20(5)12-21(6)13-23(26(31)32)14-22(7)28(35)36-16-24(27(33)34)15-25(29)30/h12-13,17-20,22,24H,8-11,14-16H2,1-7H3,(H,29,30)(H,31,32)(H,33,34)/b21-12+,23-13-. The number of rotatable bonds is 18. The van der Waals surface area contributed by atoms with Gasteiger partial charge in [0.05, 0.1) is 12.3 Å². The summed E-state index contributed by atoms with van der Waals surface area (Å²) >= 11 is 0. The zero-order chi connectivity index (χ0) is 28.0. The Labute approximate surface area is 215 Å². The van der Waals surface area contributed by atoms with Crippen molar-refractivity contribution in [3.05, 3.63) is 23.3 Å². The smallest absolute Gasteiger partial charge is 0.331 e. The number of hydrogen-bond acceptors (Lipinski definition) is 5.